The average molecular weight is 547 g/mol. The molecule has 204 valence electrons. The van der Waals surface area contributed by atoms with E-state index in [4.69, 9.17) is 14.5 Å². The quantitative estimate of drug-likeness (QED) is 0.290. The fourth-order valence-corrected chi connectivity index (χ4v) is 5.85. The summed E-state index contributed by atoms with van der Waals surface area (Å²) < 4.78 is 17.5. The van der Waals surface area contributed by atoms with E-state index in [2.05, 4.69) is 18.2 Å². The molecule has 2 aromatic carbocycles. The molecule has 1 aliphatic rings. The fourth-order valence-electron chi connectivity index (χ4n) is 5.07. The van der Waals surface area contributed by atoms with Crippen molar-refractivity contribution in [2.45, 2.75) is 53.0 Å². The molecule has 9 heteroatoms. The Kier molecular flexibility index (Phi) is 8.20. The van der Waals surface area contributed by atoms with Gasteiger partial charge >= 0.3 is 0 Å². The van der Waals surface area contributed by atoms with Crippen molar-refractivity contribution in [1.29, 1.82) is 0 Å². The molecular weight excluding hydrogens is 512 g/mol. The summed E-state index contributed by atoms with van der Waals surface area (Å²) in [6.45, 7) is 9.78. The van der Waals surface area contributed by atoms with Crippen LogP contribution in [0.2, 0.25) is 0 Å². The lowest BCUT2D eigenvalue weighted by Gasteiger charge is -2.36. The maximum Gasteiger partial charge on any atom is 0.264 e. The molecule has 5 rings (SSSR count). The molecule has 39 heavy (non-hydrogen) atoms. The lowest BCUT2D eigenvalue weighted by molar-refractivity contribution is -0.0528. The molecule has 0 bridgehead atoms. The molecule has 0 aliphatic carbocycles. The van der Waals surface area contributed by atoms with Crippen molar-refractivity contribution in [1.82, 2.24) is 18.8 Å². The third-order valence-corrected chi connectivity index (χ3v) is 7.90. The summed E-state index contributed by atoms with van der Waals surface area (Å²) in [4.78, 5) is 35.6. The molecule has 4 aromatic rings. The molecule has 3 heterocycles. The van der Waals surface area contributed by atoms with E-state index in [9.17, 15) is 9.59 Å². The smallest absolute Gasteiger partial charge is 0.264 e. The summed E-state index contributed by atoms with van der Waals surface area (Å²) >= 11 is 1.22. The van der Waals surface area contributed by atoms with Gasteiger partial charge in [0.05, 0.1) is 36.9 Å². The molecule has 1 aliphatic heterocycles. The largest absolute Gasteiger partial charge is 0.350 e. The molecule has 2 aromatic heterocycles. The van der Waals surface area contributed by atoms with Gasteiger partial charge in [-0.1, -0.05) is 61.9 Å². The van der Waals surface area contributed by atoms with Crippen LogP contribution >= 0.6 is 11.5 Å². The highest BCUT2D eigenvalue weighted by atomic mass is 32.1. The Balaban J connectivity index is 1.64. The third kappa shape index (κ3) is 5.80. The molecule has 1 unspecified atom stereocenters. The van der Waals surface area contributed by atoms with E-state index in [1.54, 1.807) is 4.57 Å². The molecule has 1 saturated heterocycles. The van der Waals surface area contributed by atoms with Crippen LogP contribution < -0.4 is 5.56 Å². The summed E-state index contributed by atoms with van der Waals surface area (Å²) in [5.41, 5.74) is 3.18. The lowest BCUT2D eigenvalue weighted by atomic mass is 9.98. The minimum absolute atomic E-state index is 0.0368. The predicted octanol–water partition coefficient (Wildman–Crippen LogP) is 5.12. The molecule has 1 amide bonds. The third-order valence-electron chi connectivity index (χ3n) is 7.07. The average Bonchev–Trinajstić information content (AvgIpc) is 3.58. The number of nitrogens with zero attached hydrogens (tertiary/aromatic N) is 4. The highest BCUT2D eigenvalue weighted by Crippen LogP contribution is 2.32. The van der Waals surface area contributed by atoms with Crippen LogP contribution in [-0.2, 0) is 16.0 Å². The van der Waals surface area contributed by atoms with Gasteiger partial charge in [-0.15, -0.1) is 0 Å². The van der Waals surface area contributed by atoms with E-state index in [1.807, 2.05) is 73.3 Å². The first-order valence-corrected chi connectivity index (χ1v) is 14.1. The molecule has 0 spiro atoms. The summed E-state index contributed by atoms with van der Waals surface area (Å²) in [7, 11) is 0. The van der Waals surface area contributed by atoms with Gasteiger partial charge in [0.1, 0.15) is 5.82 Å². The summed E-state index contributed by atoms with van der Waals surface area (Å²) in [5, 5.41) is 0.534. The highest BCUT2D eigenvalue weighted by Gasteiger charge is 2.34. The maximum absolute atomic E-state index is 14.1. The number of amides is 1. The number of benzene rings is 2. The number of carbonyl (C=O) groups excluding carboxylic acids is 1. The SMILES string of the molecule is Cc1ccc(C(=O)N(CCC2OCCO2)C(c2nc3snc(C)c3c(=O)n2Cc2ccccc2)C(C)C)cc1. The summed E-state index contributed by atoms with van der Waals surface area (Å²) in [6, 6.07) is 17.0. The maximum atomic E-state index is 14.1. The zero-order chi connectivity index (χ0) is 27.5. The predicted molar refractivity (Wildman–Crippen MR) is 152 cm³/mol. The lowest BCUT2D eigenvalue weighted by Crippen LogP contribution is -2.42. The van der Waals surface area contributed by atoms with Crippen molar-refractivity contribution in [3.8, 4) is 0 Å². The Morgan fingerprint density at radius 2 is 1.77 bits per heavy atom. The van der Waals surface area contributed by atoms with E-state index in [-0.39, 0.29) is 23.7 Å². The van der Waals surface area contributed by atoms with E-state index in [1.165, 1.54) is 11.5 Å². The summed E-state index contributed by atoms with van der Waals surface area (Å²) in [5.74, 6) is 0.404. The first kappa shape index (κ1) is 27.2. The minimum Gasteiger partial charge on any atom is -0.350 e. The van der Waals surface area contributed by atoms with Gasteiger partial charge in [0.15, 0.2) is 11.1 Å². The number of aromatic nitrogens is 3. The molecule has 0 N–H and O–H groups in total. The van der Waals surface area contributed by atoms with Crippen LogP contribution in [0.25, 0.3) is 10.2 Å². The van der Waals surface area contributed by atoms with Gasteiger partial charge in [-0.2, -0.15) is 4.37 Å². The van der Waals surface area contributed by atoms with Gasteiger partial charge in [0, 0.05) is 18.5 Å². The van der Waals surface area contributed by atoms with Crippen molar-refractivity contribution < 1.29 is 14.3 Å². The second kappa shape index (κ2) is 11.8. The van der Waals surface area contributed by atoms with E-state index in [0.29, 0.717) is 60.0 Å². The van der Waals surface area contributed by atoms with Crippen LogP contribution in [0.4, 0.5) is 0 Å². The number of hydrogen-bond acceptors (Lipinski definition) is 7. The zero-order valence-corrected chi connectivity index (χ0v) is 23.6. The number of aryl methyl sites for hydroxylation is 2. The first-order valence-electron chi connectivity index (χ1n) is 13.3. The molecule has 0 radical (unpaired) electrons. The van der Waals surface area contributed by atoms with Crippen LogP contribution in [0, 0.1) is 19.8 Å². The molecular formula is C30H34N4O4S. The van der Waals surface area contributed by atoms with Gasteiger partial charge < -0.3 is 14.4 Å². The highest BCUT2D eigenvalue weighted by molar-refractivity contribution is 7.12. The topological polar surface area (TPSA) is 86.6 Å². The second-order valence-corrected chi connectivity index (χ2v) is 11.1. The van der Waals surface area contributed by atoms with Crippen LogP contribution in [0.3, 0.4) is 0 Å². The van der Waals surface area contributed by atoms with Crippen molar-refractivity contribution in [2.24, 2.45) is 5.92 Å². The van der Waals surface area contributed by atoms with Crippen LogP contribution in [0.5, 0.6) is 0 Å². The summed E-state index contributed by atoms with van der Waals surface area (Å²) in [6.07, 6.45) is 0.156. The number of rotatable bonds is 9. The molecule has 0 saturated carbocycles. The monoisotopic (exact) mass is 546 g/mol. The fraction of sp³-hybridized carbons (Fsp3) is 0.400. The molecule has 8 nitrogen and oxygen atoms in total. The van der Waals surface area contributed by atoms with Crippen molar-refractivity contribution in [2.75, 3.05) is 19.8 Å². The Morgan fingerprint density at radius 3 is 2.44 bits per heavy atom. The Hall–Kier alpha value is -3.40. The minimum atomic E-state index is -0.469. The standard InChI is InChI=1S/C30H34N4O4S/c1-19(2)26(33(15-14-24-37-16-17-38-24)29(35)23-12-10-20(3)11-13-23)27-31-28-25(21(4)32-39-28)30(36)34(27)18-22-8-6-5-7-9-22/h5-13,19,24,26H,14-18H2,1-4H3. The van der Waals surface area contributed by atoms with Crippen LogP contribution in [0.15, 0.2) is 59.4 Å². The number of ether oxygens (including phenoxy) is 2. The van der Waals surface area contributed by atoms with Crippen molar-refractivity contribution >= 4 is 27.7 Å². The zero-order valence-electron chi connectivity index (χ0n) is 22.8. The van der Waals surface area contributed by atoms with Gasteiger partial charge in [0.25, 0.3) is 11.5 Å². The second-order valence-electron chi connectivity index (χ2n) is 10.3. The van der Waals surface area contributed by atoms with Gasteiger partial charge in [0.2, 0.25) is 0 Å². The Labute approximate surface area is 232 Å². The number of carbonyl (C=O) groups is 1. The number of hydrogen-bond donors (Lipinski definition) is 0. The Bertz CT molecular complexity index is 1490. The van der Waals surface area contributed by atoms with Gasteiger partial charge in [-0.25, -0.2) is 4.98 Å². The van der Waals surface area contributed by atoms with E-state index < -0.39 is 6.04 Å². The van der Waals surface area contributed by atoms with E-state index >= 15 is 0 Å². The normalized spacial score (nSPS) is 14.8. The van der Waals surface area contributed by atoms with E-state index in [0.717, 1.165) is 11.1 Å². The first-order chi connectivity index (χ1) is 18.8. The molecule has 1 fully saturated rings. The molecule has 1 atom stereocenters. The van der Waals surface area contributed by atoms with Crippen LogP contribution in [-0.4, -0.2) is 50.8 Å². The number of fused-ring (bicyclic) bond motifs is 1. The Morgan fingerprint density at radius 1 is 1.08 bits per heavy atom. The van der Waals surface area contributed by atoms with Crippen LogP contribution in [0.1, 0.15) is 59.3 Å². The van der Waals surface area contributed by atoms with Crippen molar-refractivity contribution in [3.05, 3.63) is 93.2 Å². The van der Waals surface area contributed by atoms with Crippen molar-refractivity contribution in [3.63, 3.8) is 0 Å². The van der Waals surface area contributed by atoms with Gasteiger partial charge in [-0.05, 0) is 49.0 Å². The van der Waals surface area contributed by atoms with Gasteiger partial charge in [-0.3, -0.25) is 14.2 Å².